The molecule has 1 aromatic carbocycles. The molecule has 0 atom stereocenters. The molecule has 0 unspecified atom stereocenters. The molecular formula is C21H20N4O4. The van der Waals surface area contributed by atoms with Crippen LogP contribution in [0.5, 0.6) is 5.75 Å². The van der Waals surface area contributed by atoms with Crippen LogP contribution in [-0.2, 0) is 19.5 Å². The van der Waals surface area contributed by atoms with E-state index in [0.29, 0.717) is 30.6 Å². The van der Waals surface area contributed by atoms with E-state index in [9.17, 15) is 14.7 Å². The van der Waals surface area contributed by atoms with Gasteiger partial charge in [0.15, 0.2) is 5.69 Å². The van der Waals surface area contributed by atoms with Crippen molar-refractivity contribution in [2.45, 2.75) is 19.5 Å². The summed E-state index contributed by atoms with van der Waals surface area (Å²) in [5.74, 6) is -0.474. The number of aromatic carboxylic acids is 1. The monoisotopic (exact) mass is 392 g/mol. The number of hydrogen-bond acceptors (Lipinski definition) is 5. The van der Waals surface area contributed by atoms with E-state index in [0.717, 1.165) is 17.0 Å². The van der Waals surface area contributed by atoms with E-state index >= 15 is 0 Å². The van der Waals surface area contributed by atoms with Gasteiger partial charge in [0.2, 0.25) is 0 Å². The smallest absolute Gasteiger partial charge is 0.356 e. The minimum absolute atomic E-state index is 0.000685. The first-order valence-electron chi connectivity index (χ1n) is 9.21. The number of carbonyl (C=O) groups excluding carboxylic acids is 1. The van der Waals surface area contributed by atoms with Gasteiger partial charge in [-0.15, -0.1) is 0 Å². The fourth-order valence-corrected chi connectivity index (χ4v) is 3.55. The molecule has 0 radical (unpaired) electrons. The lowest BCUT2D eigenvalue weighted by atomic mass is 10.0. The zero-order valence-electron chi connectivity index (χ0n) is 15.9. The largest absolute Gasteiger partial charge is 0.497 e. The van der Waals surface area contributed by atoms with Gasteiger partial charge in [0.1, 0.15) is 5.75 Å². The number of carboxylic acid groups (broad SMARTS) is 1. The van der Waals surface area contributed by atoms with E-state index in [2.05, 4.69) is 10.1 Å². The molecule has 0 saturated heterocycles. The van der Waals surface area contributed by atoms with Crippen molar-refractivity contribution in [1.29, 1.82) is 0 Å². The number of aromatic nitrogens is 3. The Morgan fingerprint density at radius 1 is 1.14 bits per heavy atom. The van der Waals surface area contributed by atoms with Crippen molar-refractivity contribution < 1.29 is 19.4 Å². The van der Waals surface area contributed by atoms with Crippen LogP contribution in [0.15, 0.2) is 48.8 Å². The molecule has 1 amide bonds. The Balaban J connectivity index is 1.61. The predicted molar refractivity (Wildman–Crippen MR) is 104 cm³/mol. The number of rotatable bonds is 5. The van der Waals surface area contributed by atoms with Gasteiger partial charge >= 0.3 is 5.97 Å². The highest BCUT2D eigenvalue weighted by Gasteiger charge is 2.30. The topological polar surface area (TPSA) is 97.5 Å². The fraction of sp³-hybridized carbons (Fsp3) is 0.238. The van der Waals surface area contributed by atoms with Gasteiger partial charge in [-0.3, -0.25) is 14.5 Å². The van der Waals surface area contributed by atoms with Gasteiger partial charge in [0.25, 0.3) is 5.91 Å². The molecule has 1 aliphatic heterocycles. The Hall–Kier alpha value is -3.68. The van der Waals surface area contributed by atoms with E-state index < -0.39 is 5.97 Å². The summed E-state index contributed by atoms with van der Waals surface area (Å²) in [5.41, 5.74) is 2.98. The van der Waals surface area contributed by atoms with Gasteiger partial charge in [0, 0.05) is 42.2 Å². The number of hydrogen-bond donors (Lipinski definition) is 1. The summed E-state index contributed by atoms with van der Waals surface area (Å²) in [6.07, 6.45) is 3.68. The molecule has 0 saturated carbocycles. The Kier molecular flexibility index (Phi) is 4.99. The lowest BCUT2D eigenvalue weighted by Gasteiger charge is -2.27. The first-order chi connectivity index (χ1) is 14.1. The zero-order valence-corrected chi connectivity index (χ0v) is 15.9. The number of carboxylic acids is 1. The SMILES string of the molecule is COc1ccc(Cn2nc(C(=O)O)c3c2CCN(C(=O)c2ccncc2)C3)cc1. The van der Waals surface area contributed by atoms with Crippen LogP contribution in [0.25, 0.3) is 0 Å². The third-order valence-electron chi connectivity index (χ3n) is 5.04. The van der Waals surface area contributed by atoms with Crippen LogP contribution >= 0.6 is 0 Å². The van der Waals surface area contributed by atoms with Crippen LogP contribution in [0.3, 0.4) is 0 Å². The zero-order chi connectivity index (χ0) is 20.4. The maximum absolute atomic E-state index is 12.8. The van der Waals surface area contributed by atoms with Crippen LogP contribution in [0.4, 0.5) is 0 Å². The van der Waals surface area contributed by atoms with Gasteiger partial charge in [-0.05, 0) is 29.8 Å². The first kappa shape index (κ1) is 18.7. The maximum atomic E-state index is 12.8. The first-order valence-corrected chi connectivity index (χ1v) is 9.21. The van der Waals surface area contributed by atoms with Crippen molar-refractivity contribution >= 4 is 11.9 Å². The summed E-state index contributed by atoms with van der Waals surface area (Å²) in [5, 5.41) is 14.0. The molecule has 3 aromatic rings. The molecule has 0 aliphatic carbocycles. The molecule has 29 heavy (non-hydrogen) atoms. The number of fused-ring (bicyclic) bond motifs is 1. The van der Waals surface area contributed by atoms with E-state index in [4.69, 9.17) is 4.74 Å². The van der Waals surface area contributed by atoms with E-state index in [1.807, 2.05) is 24.3 Å². The third kappa shape index (κ3) is 3.69. The molecule has 0 fully saturated rings. The van der Waals surface area contributed by atoms with Crippen LogP contribution in [-0.4, -0.2) is 50.3 Å². The van der Waals surface area contributed by atoms with Crippen molar-refractivity contribution in [3.8, 4) is 5.75 Å². The quantitative estimate of drug-likeness (QED) is 0.715. The van der Waals surface area contributed by atoms with Crippen LogP contribution < -0.4 is 4.74 Å². The Morgan fingerprint density at radius 3 is 2.52 bits per heavy atom. The number of benzene rings is 1. The van der Waals surface area contributed by atoms with E-state index in [1.54, 1.807) is 41.2 Å². The normalized spacial score (nSPS) is 13.1. The second-order valence-electron chi connectivity index (χ2n) is 6.80. The molecule has 148 valence electrons. The van der Waals surface area contributed by atoms with Gasteiger partial charge in [-0.1, -0.05) is 12.1 Å². The number of amides is 1. The molecule has 0 bridgehead atoms. The number of carbonyl (C=O) groups is 2. The minimum Gasteiger partial charge on any atom is -0.497 e. The van der Waals surface area contributed by atoms with Gasteiger partial charge in [0.05, 0.1) is 20.2 Å². The number of nitrogens with zero attached hydrogens (tertiary/aromatic N) is 4. The molecule has 1 aliphatic rings. The van der Waals surface area contributed by atoms with Crippen molar-refractivity contribution in [3.05, 3.63) is 76.9 Å². The molecule has 3 heterocycles. The van der Waals surface area contributed by atoms with Crippen molar-refractivity contribution in [3.63, 3.8) is 0 Å². The molecule has 4 rings (SSSR count). The average molecular weight is 392 g/mol. The molecule has 2 aromatic heterocycles. The summed E-state index contributed by atoms with van der Waals surface area (Å²) < 4.78 is 6.91. The molecule has 0 spiro atoms. The Bertz CT molecular complexity index is 1040. The summed E-state index contributed by atoms with van der Waals surface area (Å²) in [6.45, 7) is 1.18. The number of pyridine rings is 1. The van der Waals surface area contributed by atoms with Gasteiger partial charge in [-0.25, -0.2) is 4.79 Å². The highest BCUT2D eigenvalue weighted by molar-refractivity contribution is 5.94. The number of methoxy groups -OCH3 is 1. The number of ether oxygens (including phenoxy) is 1. The highest BCUT2D eigenvalue weighted by atomic mass is 16.5. The average Bonchev–Trinajstić information content (AvgIpc) is 3.12. The summed E-state index contributed by atoms with van der Waals surface area (Å²) in [7, 11) is 1.61. The second-order valence-corrected chi connectivity index (χ2v) is 6.80. The predicted octanol–water partition coefficient (Wildman–Crippen LogP) is 2.23. The summed E-state index contributed by atoms with van der Waals surface area (Å²) >= 11 is 0. The van der Waals surface area contributed by atoms with Crippen LogP contribution in [0.2, 0.25) is 0 Å². The third-order valence-corrected chi connectivity index (χ3v) is 5.04. The molecule has 1 N–H and O–H groups in total. The van der Waals surface area contributed by atoms with Crippen molar-refractivity contribution in [2.24, 2.45) is 0 Å². The lowest BCUT2D eigenvalue weighted by Crippen LogP contribution is -2.36. The van der Waals surface area contributed by atoms with Crippen LogP contribution in [0, 0.1) is 0 Å². The van der Waals surface area contributed by atoms with Crippen molar-refractivity contribution in [1.82, 2.24) is 19.7 Å². The van der Waals surface area contributed by atoms with Crippen LogP contribution in [0.1, 0.15) is 37.7 Å². The van der Waals surface area contributed by atoms with Gasteiger partial charge in [-0.2, -0.15) is 5.10 Å². The molecule has 8 heteroatoms. The minimum atomic E-state index is -1.09. The molecular weight excluding hydrogens is 372 g/mol. The second kappa shape index (κ2) is 7.75. The highest BCUT2D eigenvalue weighted by Crippen LogP contribution is 2.25. The van der Waals surface area contributed by atoms with Crippen molar-refractivity contribution in [2.75, 3.05) is 13.7 Å². The summed E-state index contributed by atoms with van der Waals surface area (Å²) in [6, 6.07) is 10.9. The standard InChI is InChI=1S/C21H20N4O4/c1-29-16-4-2-14(3-5-16)12-25-18-8-11-24(13-17(18)19(23-25)21(27)28)20(26)15-6-9-22-10-7-15/h2-7,9-10H,8,11-13H2,1H3,(H,27,28). The Labute approximate surface area is 167 Å². The van der Waals surface area contributed by atoms with Gasteiger partial charge < -0.3 is 14.7 Å². The lowest BCUT2D eigenvalue weighted by molar-refractivity contribution is 0.0674. The molecule has 8 nitrogen and oxygen atoms in total. The fourth-order valence-electron chi connectivity index (χ4n) is 3.55. The Morgan fingerprint density at radius 2 is 1.86 bits per heavy atom. The van der Waals surface area contributed by atoms with E-state index in [-0.39, 0.29) is 18.1 Å². The van der Waals surface area contributed by atoms with E-state index in [1.165, 1.54) is 0 Å². The summed E-state index contributed by atoms with van der Waals surface area (Å²) in [4.78, 5) is 30.1. The maximum Gasteiger partial charge on any atom is 0.356 e.